The molecule has 0 aromatic carbocycles. The van der Waals surface area contributed by atoms with Crippen LogP contribution in [0.4, 0.5) is 0 Å². The first-order chi connectivity index (χ1) is 9.67. The first-order valence-corrected chi connectivity index (χ1v) is 7.84. The van der Waals surface area contributed by atoms with E-state index in [1.54, 1.807) is 0 Å². The molecule has 2 fully saturated rings. The molecule has 2 amide bonds. The van der Waals surface area contributed by atoms with E-state index in [9.17, 15) is 9.59 Å². The highest BCUT2D eigenvalue weighted by Crippen LogP contribution is 2.21. The second kappa shape index (κ2) is 7.18. The number of imide groups is 1. The van der Waals surface area contributed by atoms with E-state index in [1.807, 2.05) is 13.8 Å². The molecule has 0 radical (unpaired) electrons. The Morgan fingerprint density at radius 1 is 1.35 bits per heavy atom. The molecular formula is C15H26N2O3. The Morgan fingerprint density at radius 3 is 2.70 bits per heavy atom. The Bertz CT molecular complexity index is 349. The third-order valence-corrected chi connectivity index (χ3v) is 4.40. The summed E-state index contributed by atoms with van der Waals surface area (Å²) in [5.74, 6) is 0.398. The van der Waals surface area contributed by atoms with E-state index in [2.05, 4.69) is 5.32 Å². The minimum Gasteiger partial charge on any atom is -0.381 e. The monoisotopic (exact) mass is 282 g/mol. The fraction of sp³-hybridized carbons (Fsp3) is 0.867. The summed E-state index contributed by atoms with van der Waals surface area (Å²) in [6.45, 7) is 6.42. The van der Waals surface area contributed by atoms with Crippen LogP contribution in [0.25, 0.3) is 0 Å². The summed E-state index contributed by atoms with van der Waals surface area (Å²) < 4.78 is 5.44. The third kappa shape index (κ3) is 3.38. The van der Waals surface area contributed by atoms with Crippen LogP contribution in [-0.4, -0.2) is 48.6 Å². The molecule has 2 atom stereocenters. The molecule has 114 valence electrons. The second-order valence-corrected chi connectivity index (χ2v) is 5.82. The van der Waals surface area contributed by atoms with Gasteiger partial charge in [-0.05, 0) is 31.6 Å². The van der Waals surface area contributed by atoms with Crippen molar-refractivity contribution in [3.05, 3.63) is 0 Å². The lowest BCUT2D eigenvalue weighted by Gasteiger charge is -2.25. The van der Waals surface area contributed by atoms with Crippen LogP contribution in [0.3, 0.4) is 0 Å². The first kappa shape index (κ1) is 15.4. The summed E-state index contributed by atoms with van der Waals surface area (Å²) in [6.07, 6.45) is 4.19. The van der Waals surface area contributed by atoms with Gasteiger partial charge in [-0.1, -0.05) is 13.8 Å². The van der Waals surface area contributed by atoms with E-state index < -0.39 is 0 Å². The number of carbonyl (C=O) groups excluding carboxylic acids is 2. The summed E-state index contributed by atoms with van der Waals surface area (Å²) in [4.78, 5) is 25.9. The maximum atomic E-state index is 12.4. The van der Waals surface area contributed by atoms with Crippen molar-refractivity contribution in [2.75, 3.05) is 19.8 Å². The van der Waals surface area contributed by atoms with Gasteiger partial charge in [0.25, 0.3) is 0 Å². The highest BCUT2D eigenvalue weighted by Gasteiger charge is 2.41. The van der Waals surface area contributed by atoms with Crippen molar-refractivity contribution in [2.45, 2.75) is 58.0 Å². The van der Waals surface area contributed by atoms with Gasteiger partial charge < -0.3 is 10.1 Å². The van der Waals surface area contributed by atoms with Gasteiger partial charge in [0.2, 0.25) is 11.8 Å². The van der Waals surface area contributed by atoms with Crippen molar-refractivity contribution in [2.24, 2.45) is 5.92 Å². The Hall–Kier alpha value is -0.940. The maximum Gasteiger partial charge on any atom is 0.247 e. The summed E-state index contributed by atoms with van der Waals surface area (Å²) >= 11 is 0. The fourth-order valence-electron chi connectivity index (χ4n) is 3.13. The lowest BCUT2D eigenvalue weighted by molar-refractivity contribution is -0.141. The molecule has 2 saturated heterocycles. The predicted octanol–water partition coefficient (Wildman–Crippen LogP) is 1.32. The smallest absolute Gasteiger partial charge is 0.247 e. The van der Waals surface area contributed by atoms with E-state index in [1.165, 1.54) is 4.90 Å². The molecule has 0 bridgehead atoms. The van der Waals surface area contributed by atoms with Gasteiger partial charge in [0.15, 0.2) is 0 Å². The number of amides is 2. The number of nitrogens with zero attached hydrogens (tertiary/aromatic N) is 1. The van der Waals surface area contributed by atoms with Crippen LogP contribution >= 0.6 is 0 Å². The maximum absolute atomic E-state index is 12.4. The molecule has 20 heavy (non-hydrogen) atoms. The lowest BCUT2D eigenvalue weighted by Crippen LogP contribution is -2.45. The normalized spacial score (nSPS) is 27.6. The summed E-state index contributed by atoms with van der Waals surface area (Å²) in [5, 5.41) is 3.27. The number of rotatable bonds is 6. The number of likely N-dealkylation sites (tertiary alicyclic amines) is 1. The zero-order valence-electron chi connectivity index (χ0n) is 12.6. The number of hydrogen-bond donors (Lipinski definition) is 1. The van der Waals surface area contributed by atoms with Crippen molar-refractivity contribution in [1.82, 2.24) is 10.2 Å². The first-order valence-electron chi connectivity index (χ1n) is 7.84. The van der Waals surface area contributed by atoms with Gasteiger partial charge in [0, 0.05) is 19.2 Å². The van der Waals surface area contributed by atoms with Gasteiger partial charge in [-0.15, -0.1) is 0 Å². The van der Waals surface area contributed by atoms with Crippen molar-refractivity contribution in [3.8, 4) is 0 Å². The van der Waals surface area contributed by atoms with Crippen molar-refractivity contribution >= 4 is 11.8 Å². The largest absolute Gasteiger partial charge is 0.381 e. The van der Waals surface area contributed by atoms with Gasteiger partial charge in [0.1, 0.15) is 0 Å². The SMILES string of the molecule is CCC(CC)N1C(=O)CC(NCC2CCCOC2)C1=O. The highest BCUT2D eigenvalue weighted by molar-refractivity contribution is 6.05. The summed E-state index contributed by atoms with van der Waals surface area (Å²) in [6, 6.07) is -0.273. The van der Waals surface area contributed by atoms with Crippen LogP contribution in [0.15, 0.2) is 0 Å². The molecule has 5 heteroatoms. The molecule has 0 aromatic rings. The van der Waals surface area contributed by atoms with E-state index in [0.29, 0.717) is 12.3 Å². The van der Waals surface area contributed by atoms with Crippen molar-refractivity contribution < 1.29 is 14.3 Å². The van der Waals surface area contributed by atoms with Gasteiger partial charge in [-0.25, -0.2) is 0 Å². The average Bonchev–Trinajstić information content (AvgIpc) is 2.75. The molecule has 2 aliphatic rings. The zero-order valence-corrected chi connectivity index (χ0v) is 12.6. The Labute approximate surface area is 121 Å². The van der Waals surface area contributed by atoms with Crippen LogP contribution in [0, 0.1) is 5.92 Å². The number of ether oxygens (including phenoxy) is 1. The van der Waals surface area contributed by atoms with Crippen LogP contribution in [0.5, 0.6) is 0 Å². The predicted molar refractivity (Wildman–Crippen MR) is 76.2 cm³/mol. The number of nitrogens with one attached hydrogen (secondary N) is 1. The quantitative estimate of drug-likeness (QED) is 0.746. The molecule has 2 heterocycles. The second-order valence-electron chi connectivity index (χ2n) is 5.82. The van der Waals surface area contributed by atoms with E-state index in [4.69, 9.17) is 4.74 Å². The molecule has 0 spiro atoms. The summed E-state index contributed by atoms with van der Waals surface area (Å²) in [7, 11) is 0. The molecule has 2 unspecified atom stereocenters. The zero-order chi connectivity index (χ0) is 14.5. The molecular weight excluding hydrogens is 256 g/mol. The molecule has 2 aliphatic heterocycles. The van der Waals surface area contributed by atoms with Gasteiger partial charge in [0.05, 0.1) is 19.1 Å². The van der Waals surface area contributed by atoms with Gasteiger partial charge >= 0.3 is 0 Å². The molecule has 1 N–H and O–H groups in total. The lowest BCUT2D eigenvalue weighted by atomic mass is 10.0. The Morgan fingerprint density at radius 2 is 2.10 bits per heavy atom. The number of hydrogen-bond acceptors (Lipinski definition) is 4. The molecule has 5 nitrogen and oxygen atoms in total. The Kier molecular flexibility index (Phi) is 5.54. The van der Waals surface area contributed by atoms with Crippen molar-refractivity contribution in [3.63, 3.8) is 0 Å². The standard InChI is InChI=1S/C15H26N2O3/c1-3-12(4-2)17-14(18)8-13(15(17)19)16-9-11-6-5-7-20-10-11/h11-13,16H,3-10H2,1-2H3. The van der Waals surface area contributed by atoms with E-state index in [-0.39, 0.29) is 23.9 Å². The Balaban J connectivity index is 1.87. The van der Waals surface area contributed by atoms with Gasteiger partial charge in [-0.2, -0.15) is 0 Å². The molecule has 2 rings (SSSR count). The third-order valence-electron chi connectivity index (χ3n) is 4.40. The van der Waals surface area contributed by atoms with Crippen LogP contribution in [0.1, 0.15) is 46.0 Å². The fourth-order valence-corrected chi connectivity index (χ4v) is 3.13. The van der Waals surface area contributed by atoms with E-state index >= 15 is 0 Å². The van der Waals surface area contributed by atoms with Crippen LogP contribution in [-0.2, 0) is 14.3 Å². The molecule has 0 aliphatic carbocycles. The summed E-state index contributed by atoms with van der Waals surface area (Å²) in [5.41, 5.74) is 0. The van der Waals surface area contributed by atoms with E-state index in [0.717, 1.165) is 45.4 Å². The minimum atomic E-state index is -0.329. The highest BCUT2D eigenvalue weighted by atomic mass is 16.5. The van der Waals surface area contributed by atoms with Crippen LogP contribution < -0.4 is 5.32 Å². The topological polar surface area (TPSA) is 58.6 Å². The minimum absolute atomic E-state index is 0.0268. The molecule has 0 aromatic heterocycles. The van der Waals surface area contributed by atoms with Crippen LogP contribution in [0.2, 0.25) is 0 Å². The number of carbonyl (C=O) groups is 2. The van der Waals surface area contributed by atoms with Gasteiger partial charge in [-0.3, -0.25) is 14.5 Å². The van der Waals surface area contributed by atoms with Crippen molar-refractivity contribution in [1.29, 1.82) is 0 Å². The molecule has 0 saturated carbocycles. The average molecular weight is 282 g/mol.